The van der Waals surface area contributed by atoms with Gasteiger partial charge in [0.25, 0.3) is 0 Å². The zero-order chi connectivity index (χ0) is 13.8. The third-order valence-corrected chi connectivity index (χ3v) is 3.19. The molecule has 2 atom stereocenters. The standard InChI is InChI=1S/C14H19NO4/c1-10-3-2-4-11(7-10)19-6-5-14(18)15-8-12(16)13(17)9-15/h2-4,7,12-13,16-17H,5-6,8-9H2,1H3/t12-,13+. The number of rotatable bonds is 4. The van der Waals surface area contributed by atoms with E-state index in [9.17, 15) is 15.0 Å². The highest BCUT2D eigenvalue weighted by Gasteiger charge is 2.32. The van der Waals surface area contributed by atoms with Crippen LogP contribution >= 0.6 is 0 Å². The lowest BCUT2D eigenvalue weighted by Crippen LogP contribution is -2.30. The molecule has 5 heteroatoms. The number of β-amino-alcohol motifs (C(OH)–C–C–N with tert-alkyl or cyclic N) is 2. The van der Waals surface area contributed by atoms with Crippen LogP contribution < -0.4 is 4.74 Å². The Morgan fingerprint density at radius 3 is 2.68 bits per heavy atom. The summed E-state index contributed by atoms with van der Waals surface area (Å²) >= 11 is 0. The van der Waals surface area contributed by atoms with Crippen LogP contribution in [0.1, 0.15) is 12.0 Å². The fraction of sp³-hybridized carbons (Fsp3) is 0.500. The summed E-state index contributed by atoms with van der Waals surface area (Å²) in [5, 5.41) is 18.8. The van der Waals surface area contributed by atoms with Crippen LogP contribution in [0, 0.1) is 6.92 Å². The molecule has 0 unspecified atom stereocenters. The van der Waals surface area contributed by atoms with Crippen molar-refractivity contribution in [3.63, 3.8) is 0 Å². The minimum Gasteiger partial charge on any atom is -0.493 e. The molecule has 1 aliphatic heterocycles. The molecule has 2 N–H and O–H groups in total. The van der Waals surface area contributed by atoms with Gasteiger partial charge in [-0.2, -0.15) is 0 Å². The predicted octanol–water partition coefficient (Wildman–Crippen LogP) is 0.328. The lowest BCUT2D eigenvalue weighted by Gasteiger charge is -2.15. The normalized spacial score (nSPS) is 22.6. The van der Waals surface area contributed by atoms with Crippen LogP contribution in [0.3, 0.4) is 0 Å². The van der Waals surface area contributed by atoms with Crippen LogP contribution in [-0.2, 0) is 4.79 Å². The van der Waals surface area contributed by atoms with Gasteiger partial charge in [-0.15, -0.1) is 0 Å². The smallest absolute Gasteiger partial charge is 0.226 e. The number of aryl methyl sites for hydroxylation is 1. The van der Waals surface area contributed by atoms with Gasteiger partial charge in [0.1, 0.15) is 5.75 Å². The first kappa shape index (κ1) is 13.8. The van der Waals surface area contributed by atoms with Gasteiger partial charge in [0, 0.05) is 13.1 Å². The monoisotopic (exact) mass is 265 g/mol. The summed E-state index contributed by atoms with van der Waals surface area (Å²) in [6.07, 6.45) is -1.42. The molecular formula is C14H19NO4. The summed E-state index contributed by atoms with van der Waals surface area (Å²) in [7, 11) is 0. The van der Waals surface area contributed by atoms with E-state index >= 15 is 0 Å². The van der Waals surface area contributed by atoms with Crippen LogP contribution in [-0.4, -0.2) is 52.9 Å². The largest absolute Gasteiger partial charge is 0.493 e. The van der Waals surface area contributed by atoms with Crippen molar-refractivity contribution < 1.29 is 19.7 Å². The fourth-order valence-electron chi connectivity index (χ4n) is 2.09. The number of benzene rings is 1. The maximum absolute atomic E-state index is 11.8. The van der Waals surface area contributed by atoms with Gasteiger partial charge in [0.05, 0.1) is 25.2 Å². The third-order valence-electron chi connectivity index (χ3n) is 3.19. The Hall–Kier alpha value is -1.59. The number of amides is 1. The van der Waals surface area contributed by atoms with E-state index in [0.717, 1.165) is 11.3 Å². The van der Waals surface area contributed by atoms with Crippen LogP contribution in [0.25, 0.3) is 0 Å². The Kier molecular flexibility index (Phi) is 4.39. The van der Waals surface area contributed by atoms with Crippen molar-refractivity contribution in [1.82, 2.24) is 4.90 Å². The first-order valence-electron chi connectivity index (χ1n) is 6.39. The molecule has 2 rings (SSSR count). The number of aliphatic hydroxyl groups is 2. The van der Waals surface area contributed by atoms with E-state index < -0.39 is 12.2 Å². The molecule has 1 heterocycles. The van der Waals surface area contributed by atoms with E-state index in [1.165, 1.54) is 4.90 Å². The Morgan fingerprint density at radius 1 is 1.37 bits per heavy atom. The second kappa shape index (κ2) is 6.04. The van der Waals surface area contributed by atoms with Gasteiger partial charge in [-0.05, 0) is 24.6 Å². The molecule has 5 nitrogen and oxygen atoms in total. The van der Waals surface area contributed by atoms with Crippen molar-refractivity contribution in [3.05, 3.63) is 29.8 Å². The van der Waals surface area contributed by atoms with Crippen molar-refractivity contribution in [2.45, 2.75) is 25.6 Å². The average Bonchev–Trinajstić information content (AvgIpc) is 2.70. The zero-order valence-corrected chi connectivity index (χ0v) is 11.0. The maximum Gasteiger partial charge on any atom is 0.226 e. The first-order chi connectivity index (χ1) is 9.06. The second-order valence-corrected chi connectivity index (χ2v) is 4.85. The molecular weight excluding hydrogens is 246 g/mol. The molecule has 0 spiro atoms. The molecule has 19 heavy (non-hydrogen) atoms. The van der Waals surface area contributed by atoms with Gasteiger partial charge in [0.15, 0.2) is 0 Å². The number of nitrogens with zero attached hydrogens (tertiary/aromatic N) is 1. The summed E-state index contributed by atoms with van der Waals surface area (Å²) in [6.45, 7) is 2.67. The summed E-state index contributed by atoms with van der Waals surface area (Å²) < 4.78 is 5.50. The highest BCUT2D eigenvalue weighted by atomic mass is 16.5. The summed E-state index contributed by atoms with van der Waals surface area (Å²) in [5.74, 6) is 0.637. The van der Waals surface area contributed by atoms with E-state index in [-0.39, 0.29) is 25.4 Å². The number of carbonyl (C=O) groups is 1. The summed E-state index contributed by atoms with van der Waals surface area (Å²) in [5.41, 5.74) is 1.11. The summed E-state index contributed by atoms with van der Waals surface area (Å²) in [6, 6.07) is 7.64. The first-order valence-corrected chi connectivity index (χ1v) is 6.39. The van der Waals surface area contributed by atoms with Crippen molar-refractivity contribution in [2.75, 3.05) is 19.7 Å². The van der Waals surface area contributed by atoms with Gasteiger partial charge in [-0.1, -0.05) is 12.1 Å². The van der Waals surface area contributed by atoms with Gasteiger partial charge < -0.3 is 19.8 Å². The Bertz CT molecular complexity index is 439. The number of hydrogen-bond acceptors (Lipinski definition) is 4. The third kappa shape index (κ3) is 3.68. The number of likely N-dealkylation sites (tertiary alicyclic amines) is 1. The molecule has 0 radical (unpaired) electrons. The van der Waals surface area contributed by atoms with E-state index in [4.69, 9.17) is 4.74 Å². The highest BCUT2D eigenvalue weighted by Crippen LogP contribution is 2.14. The van der Waals surface area contributed by atoms with E-state index in [1.807, 2.05) is 31.2 Å². The van der Waals surface area contributed by atoms with Crippen molar-refractivity contribution in [2.24, 2.45) is 0 Å². The number of carbonyl (C=O) groups excluding carboxylic acids is 1. The van der Waals surface area contributed by atoms with Gasteiger partial charge >= 0.3 is 0 Å². The predicted molar refractivity (Wildman–Crippen MR) is 69.9 cm³/mol. The van der Waals surface area contributed by atoms with Crippen molar-refractivity contribution >= 4 is 5.91 Å². The van der Waals surface area contributed by atoms with E-state index in [0.29, 0.717) is 6.61 Å². The molecule has 0 aromatic heterocycles. The van der Waals surface area contributed by atoms with Crippen molar-refractivity contribution in [3.8, 4) is 5.75 Å². The highest BCUT2D eigenvalue weighted by molar-refractivity contribution is 5.76. The molecule has 1 aliphatic rings. The fourth-order valence-corrected chi connectivity index (χ4v) is 2.09. The molecule has 1 fully saturated rings. The molecule has 1 aromatic rings. The SMILES string of the molecule is Cc1cccc(OCCC(=O)N2C[C@@H](O)[C@@H](O)C2)c1. The Balaban J connectivity index is 1.75. The molecule has 0 aliphatic carbocycles. The molecule has 1 aromatic carbocycles. The van der Waals surface area contributed by atoms with Crippen molar-refractivity contribution in [1.29, 1.82) is 0 Å². The van der Waals surface area contributed by atoms with Gasteiger partial charge in [-0.25, -0.2) is 0 Å². The number of aliphatic hydroxyl groups excluding tert-OH is 2. The van der Waals surface area contributed by atoms with Crippen LogP contribution in [0.4, 0.5) is 0 Å². The van der Waals surface area contributed by atoms with Gasteiger partial charge in [-0.3, -0.25) is 4.79 Å². The van der Waals surface area contributed by atoms with Crippen LogP contribution in [0.5, 0.6) is 5.75 Å². The van der Waals surface area contributed by atoms with E-state index in [2.05, 4.69) is 0 Å². The molecule has 1 amide bonds. The zero-order valence-electron chi connectivity index (χ0n) is 11.0. The number of ether oxygens (including phenoxy) is 1. The molecule has 104 valence electrons. The minimum atomic E-state index is -0.832. The van der Waals surface area contributed by atoms with Crippen LogP contribution in [0.2, 0.25) is 0 Å². The topological polar surface area (TPSA) is 70.0 Å². The lowest BCUT2D eigenvalue weighted by atomic mass is 10.2. The summed E-state index contributed by atoms with van der Waals surface area (Å²) in [4.78, 5) is 13.3. The lowest BCUT2D eigenvalue weighted by molar-refractivity contribution is -0.131. The number of hydrogen-bond donors (Lipinski definition) is 2. The molecule has 1 saturated heterocycles. The Morgan fingerprint density at radius 2 is 2.05 bits per heavy atom. The molecule has 0 saturated carbocycles. The Labute approximate surface area is 112 Å². The maximum atomic E-state index is 11.8. The van der Waals surface area contributed by atoms with Crippen LogP contribution in [0.15, 0.2) is 24.3 Å². The minimum absolute atomic E-state index is 0.108. The van der Waals surface area contributed by atoms with E-state index in [1.54, 1.807) is 0 Å². The quantitative estimate of drug-likeness (QED) is 0.823. The molecule has 0 bridgehead atoms. The van der Waals surface area contributed by atoms with Gasteiger partial charge in [0.2, 0.25) is 5.91 Å². The second-order valence-electron chi connectivity index (χ2n) is 4.85. The average molecular weight is 265 g/mol.